The highest BCUT2D eigenvalue weighted by Crippen LogP contribution is 2.49. The zero-order chi connectivity index (χ0) is 17.9. The van der Waals surface area contributed by atoms with Crippen LogP contribution in [0.1, 0.15) is 25.0 Å². The van der Waals surface area contributed by atoms with Crippen LogP contribution in [0.3, 0.4) is 0 Å². The Labute approximate surface area is 153 Å². The Hall–Kier alpha value is -3.06. The van der Waals surface area contributed by atoms with E-state index >= 15 is 0 Å². The van der Waals surface area contributed by atoms with Crippen LogP contribution in [-0.4, -0.2) is 5.11 Å². The Balaban J connectivity index is 1.67. The van der Waals surface area contributed by atoms with E-state index in [0.29, 0.717) is 5.75 Å². The van der Waals surface area contributed by atoms with Gasteiger partial charge in [-0.05, 0) is 68.4 Å². The molecule has 26 heavy (non-hydrogen) atoms. The lowest BCUT2D eigenvalue weighted by atomic mass is 9.81. The minimum Gasteiger partial charge on any atom is -0.508 e. The molecule has 126 valence electrons. The summed E-state index contributed by atoms with van der Waals surface area (Å²) >= 11 is 0. The van der Waals surface area contributed by atoms with Gasteiger partial charge in [0.2, 0.25) is 0 Å². The van der Waals surface area contributed by atoms with E-state index in [9.17, 15) is 5.11 Å². The van der Waals surface area contributed by atoms with Crippen molar-refractivity contribution in [3.05, 3.63) is 90.0 Å². The Morgan fingerprint density at radius 1 is 0.615 bits per heavy atom. The molecule has 4 aromatic rings. The van der Waals surface area contributed by atoms with Crippen molar-refractivity contribution < 1.29 is 5.11 Å². The van der Waals surface area contributed by atoms with Crippen LogP contribution < -0.4 is 0 Å². The summed E-state index contributed by atoms with van der Waals surface area (Å²) in [4.78, 5) is 0. The van der Waals surface area contributed by atoms with Gasteiger partial charge in [0.25, 0.3) is 0 Å². The molecule has 4 aromatic carbocycles. The molecule has 1 nitrogen and oxygen atoms in total. The molecule has 0 aromatic heterocycles. The maximum Gasteiger partial charge on any atom is 0.116 e. The van der Waals surface area contributed by atoms with Crippen molar-refractivity contribution in [2.24, 2.45) is 0 Å². The molecule has 0 amide bonds. The van der Waals surface area contributed by atoms with Crippen LogP contribution >= 0.6 is 0 Å². The second kappa shape index (κ2) is 5.22. The minimum atomic E-state index is 0.0184. The van der Waals surface area contributed by atoms with E-state index in [1.54, 1.807) is 6.07 Å². The highest BCUT2D eigenvalue weighted by molar-refractivity contribution is 5.89. The van der Waals surface area contributed by atoms with Gasteiger partial charge in [-0.2, -0.15) is 0 Å². The highest BCUT2D eigenvalue weighted by Gasteiger charge is 2.35. The number of hydrogen-bond donors (Lipinski definition) is 1. The third kappa shape index (κ3) is 2.10. The van der Waals surface area contributed by atoms with Crippen LogP contribution in [-0.2, 0) is 5.41 Å². The molecule has 0 bridgehead atoms. The summed E-state index contributed by atoms with van der Waals surface area (Å²) in [7, 11) is 0. The van der Waals surface area contributed by atoms with Crippen LogP contribution in [0.25, 0.3) is 33.0 Å². The summed E-state index contributed by atoms with van der Waals surface area (Å²) in [5.74, 6) is 0.308. The number of fused-ring (bicyclic) bond motifs is 4. The highest BCUT2D eigenvalue weighted by atomic mass is 16.3. The maximum atomic E-state index is 9.67. The summed E-state index contributed by atoms with van der Waals surface area (Å²) in [6.07, 6.45) is 0. The Morgan fingerprint density at radius 3 is 2.15 bits per heavy atom. The standard InChI is InChI=1S/C25H20O/c1-25(2)23-6-4-3-5-21(23)22-12-10-19(15-24(22)25)16-7-8-18-14-20(26)11-9-17(18)13-16/h3-15,26H,1-2H3. The molecule has 1 heteroatoms. The van der Waals surface area contributed by atoms with E-state index in [4.69, 9.17) is 0 Å². The average Bonchev–Trinajstić information content (AvgIpc) is 2.89. The van der Waals surface area contributed by atoms with Crippen molar-refractivity contribution in [1.29, 1.82) is 0 Å². The molecule has 0 fully saturated rings. The van der Waals surface area contributed by atoms with E-state index in [-0.39, 0.29) is 5.41 Å². The van der Waals surface area contributed by atoms with Crippen molar-refractivity contribution in [3.63, 3.8) is 0 Å². The lowest BCUT2D eigenvalue weighted by molar-refractivity contribution is 0.476. The van der Waals surface area contributed by atoms with E-state index in [2.05, 4.69) is 74.5 Å². The number of hydrogen-bond acceptors (Lipinski definition) is 1. The fourth-order valence-electron chi connectivity index (χ4n) is 4.30. The molecule has 1 aliphatic rings. The molecule has 0 aliphatic heterocycles. The zero-order valence-electron chi connectivity index (χ0n) is 15.0. The van der Waals surface area contributed by atoms with Gasteiger partial charge in [0.1, 0.15) is 5.75 Å². The van der Waals surface area contributed by atoms with Crippen LogP contribution in [0, 0.1) is 0 Å². The van der Waals surface area contributed by atoms with E-state index in [1.165, 1.54) is 33.4 Å². The van der Waals surface area contributed by atoms with Gasteiger partial charge in [0.15, 0.2) is 0 Å². The van der Waals surface area contributed by atoms with Gasteiger partial charge in [0, 0.05) is 5.41 Å². The summed E-state index contributed by atoms with van der Waals surface area (Å²) in [5, 5.41) is 11.9. The molecule has 1 aliphatic carbocycles. The van der Waals surface area contributed by atoms with E-state index in [1.807, 2.05) is 12.1 Å². The van der Waals surface area contributed by atoms with E-state index < -0.39 is 0 Å². The molecule has 0 saturated heterocycles. The minimum absolute atomic E-state index is 0.0184. The first kappa shape index (κ1) is 15.2. The fraction of sp³-hybridized carbons (Fsp3) is 0.120. The number of phenols is 1. The third-order valence-corrected chi connectivity index (χ3v) is 5.74. The monoisotopic (exact) mass is 336 g/mol. The number of benzene rings is 4. The molecule has 0 saturated carbocycles. The van der Waals surface area contributed by atoms with Crippen LogP contribution in [0.5, 0.6) is 5.75 Å². The van der Waals surface area contributed by atoms with Crippen molar-refractivity contribution >= 4 is 10.8 Å². The predicted molar refractivity (Wildman–Crippen MR) is 109 cm³/mol. The summed E-state index contributed by atoms with van der Waals surface area (Å²) in [6.45, 7) is 4.62. The summed E-state index contributed by atoms with van der Waals surface area (Å²) in [6, 6.07) is 27.5. The molecule has 0 unspecified atom stereocenters. The van der Waals surface area contributed by atoms with Crippen molar-refractivity contribution in [1.82, 2.24) is 0 Å². The van der Waals surface area contributed by atoms with Gasteiger partial charge in [-0.15, -0.1) is 0 Å². The first-order valence-electron chi connectivity index (χ1n) is 9.02. The summed E-state index contributed by atoms with van der Waals surface area (Å²) < 4.78 is 0. The molecule has 5 rings (SSSR count). The van der Waals surface area contributed by atoms with Crippen LogP contribution in [0.15, 0.2) is 78.9 Å². The predicted octanol–water partition coefficient (Wildman–Crippen LogP) is 6.52. The molecule has 0 spiro atoms. The van der Waals surface area contributed by atoms with Crippen molar-refractivity contribution in [3.8, 4) is 28.0 Å². The Bertz CT molecular complexity index is 1170. The normalized spacial score (nSPS) is 14.2. The number of aromatic hydroxyl groups is 1. The van der Waals surface area contributed by atoms with Crippen LogP contribution in [0.2, 0.25) is 0 Å². The lowest BCUT2D eigenvalue weighted by Gasteiger charge is -2.22. The topological polar surface area (TPSA) is 20.2 Å². The molecular weight excluding hydrogens is 316 g/mol. The van der Waals surface area contributed by atoms with Crippen molar-refractivity contribution in [2.45, 2.75) is 19.3 Å². The Kier molecular flexibility index (Phi) is 3.05. The first-order valence-corrected chi connectivity index (χ1v) is 9.02. The molecule has 0 atom stereocenters. The van der Waals surface area contributed by atoms with Gasteiger partial charge >= 0.3 is 0 Å². The smallest absolute Gasteiger partial charge is 0.116 e. The Morgan fingerprint density at radius 2 is 1.27 bits per heavy atom. The van der Waals surface area contributed by atoms with Gasteiger partial charge in [-0.1, -0.05) is 68.4 Å². The van der Waals surface area contributed by atoms with Gasteiger partial charge in [-0.25, -0.2) is 0 Å². The second-order valence-electron chi connectivity index (χ2n) is 7.68. The van der Waals surface area contributed by atoms with Gasteiger partial charge in [0.05, 0.1) is 0 Å². The van der Waals surface area contributed by atoms with Crippen molar-refractivity contribution in [2.75, 3.05) is 0 Å². The van der Waals surface area contributed by atoms with Crippen LogP contribution in [0.4, 0.5) is 0 Å². The lowest BCUT2D eigenvalue weighted by Crippen LogP contribution is -2.14. The molecule has 0 radical (unpaired) electrons. The first-order chi connectivity index (χ1) is 12.5. The second-order valence-corrected chi connectivity index (χ2v) is 7.68. The summed E-state index contributed by atoms with van der Waals surface area (Å²) in [5.41, 5.74) is 7.96. The van der Waals surface area contributed by atoms with Gasteiger partial charge < -0.3 is 5.11 Å². The fourth-order valence-corrected chi connectivity index (χ4v) is 4.30. The maximum absolute atomic E-state index is 9.67. The molecule has 0 heterocycles. The SMILES string of the molecule is CC1(C)c2ccccc2-c2ccc(-c3ccc4cc(O)ccc4c3)cc21. The van der Waals surface area contributed by atoms with Gasteiger partial charge in [-0.3, -0.25) is 0 Å². The third-order valence-electron chi connectivity index (χ3n) is 5.74. The average molecular weight is 336 g/mol. The largest absolute Gasteiger partial charge is 0.508 e. The molecular formula is C25H20O. The molecule has 1 N–H and O–H groups in total. The quantitative estimate of drug-likeness (QED) is 0.419. The number of rotatable bonds is 1. The zero-order valence-corrected chi connectivity index (χ0v) is 15.0. The number of phenolic OH excluding ortho intramolecular Hbond substituents is 1. The van der Waals surface area contributed by atoms with E-state index in [0.717, 1.165) is 10.8 Å².